The van der Waals surface area contributed by atoms with Crippen molar-refractivity contribution in [1.29, 1.82) is 0 Å². The first kappa shape index (κ1) is 12.5. The van der Waals surface area contributed by atoms with E-state index in [-0.39, 0.29) is 6.54 Å². The molecule has 0 fully saturated rings. The van der Waals surface area contributed by atoms with Crippen LogP contribution in [0.5, 0.6) is 11.5 Å². The standard InChI is InChI=1S/C12H16N2O4/c1-14(7-9(13)12(15)16)8-2-3-10-11(6-8)18-5-4-17-10/h2-3,6,9H,4-5,7,13H2,1H3,(H,15,16). The lowest BCUT2D eigenvalue weighted by Crippen LogP contribution is -2.41. The minimum absolute atomic E-state index is 0.231. The summed E-state index contributed by atoms with van der Waals surface area (Å²) >= 11 is 0. The molecule has 0 aliphatic carbocycles. The predicted octanol–water partition coefficient (Wildman–Crippen LogP) is 0.306. The van der Waals surface area contributed by atoms with Crippen LogP contribution in [-0.2, 0) is 4.79 Å². The van der Waals surface area contributed by atoms with Gasteiger partial charge >= 0.3 is 5.97 Å². The van der Waals surface area contributed by atoms with Crippen molar-refractivity contribution in [2.45, 2.75) is 6.04 Å². The highest BCUT2D eigenvalue weighted by Crippen LogP contribution is 2.33. The maximum Gasteiger partial charge on any atom is 0.322 e. The summed E-state index contributed by atoms with van der Waals surface area (Å²) in [5.41, 5.74) is 6.34. The second-order valence-corrected chi connectivity index (χ2v) is 4.15. The summed E-state index contributed by atoms with van der Waals surface area (Å²) in [7, 11) is 1.79. The summed E-state index contributed by atoms with van der Waals surface area (Å²) in [5.74, 6) is 0.370. The Hall–Kier alpha value is -1.95. The van der Waals surface area contributed by atoms with Gasteiger partial charge in [-0.2, -0.15) is 0 Å². The smallest absolute Gasteiger partial charge is 0.322 e. The van der Waals surface area contributed by atoms with Crippen LogP contribution < -0.4 is 20.1 Å². The molecule has 0 saturated carbocycles. The Balaban J connectivity index is 2.11. The highest BCUT2D eigenvalue weighted by Gasteiger charge is 2.17. The van der Waals surface area contributed by atoms with Crippen LogP contribution in [0, 0.1) is 0 Å². The lowest BCUT2D eigenvalue weighted by molar-refractivity contribution is -0.138. The number of hydrogen-bond acceptors (Lipinski definition) is 5. The number of hydrogen-bond donors (Lipinski definition) is 2. The molecule has 1 heterocycles. The Bertz CT molecular complexity index is 450. The molecule has 1 aliphatic heterocycles. The quantitative estimate of drug-likeness (QED) is 0.802. The molecule has 0 radical (unpaired) electrons. The average Bonchev–Trinajstić information content (AvgIpc) is 2.37. The van der Waals surface area contributed by atoms with Crippen molar-refractivity contribution < 1.29 is 19.4 Å². The number of benzene rings is 1. The van der Waals surface area contributed by atoms with Crippen molar-refractivity contribution in [2.24, 2.45) is 5.73 Å². The van der Waals surface area contributed by atoms with Crippen molar-refractivity contribution in [2.75, 3.05) is 31.7 Å². The predicted molar refractivity (Wildman–Crippen MR) is 66.3 cm³/mol. The molecule has 1 unspecified atom stereocenters. The zero-order chi connectivity index (χ0) is 13.1. The molecule has 0 aromatic heterocycles. The van der Waals surface area contributed by atoms with Crippen LogP contribution in [0.25, 0.3) is 0 Å². The van der Waals surface area contributed by atoms with E-state index >= 15 is 0 Å². The maximum atomic E-state index is 10.7. The number of anilines is 1. The Kier molecular flexibility index (Phi) is 3.57. The SMILES string of the molecule is CN(CC(N)C(=O)O)c1ccc2c(c1)OCCO2. The number of fused-ring (bicyclic) bond motifs is 1. The highest BCUT2D eigenvalue weighted by atomic mass is 16.6. The summed E-state index contributed by atoms with van der Waals surface area (Å²) in [6.45, 7) is 1.30. The molecule has 6 nitrogen and oxygen atoms in total. The minimum Gasteiger partial charge on any atom is -0.486 e. The second-order valence-electron chi connectivity index (χ2n) is 4.15. The first-order chi connectivity index (χ1) is 8.58. The third kappa shape index (κ3) is 2.65. The van der Waals surface area contributed by atoms with Gasteiger partial charge in [-0.15, -0.1) is 0 Å². The number of carbonyl (C=O) groups is 1. The molecule has 0 spiro atoms. The molecule has 6 heteroatoms. The minimum atomic E-state index is -1.01. The average molecular weight is 252 g/mol. The molecule has 18 heavy (non-hydrogen) atoms. The third-order valence-corrected chi connectivity index (χ3v) is 2.75. The number of carboxylic acids is 1. The molecule has 0 saturated heterocycles. The van der Waals surface area contributed by atoms with Gasteiger partial charge in [0.05, 0.1) is 0 Å². The number of nitrogens with zero attached hydrogens (tertiary/aromatic N) is 1. The van der Waals surface area contributed by atoms with E-state index in [2.05, 4.69) is 0 Å². The fourth-order valence-electron chi connectivity index (χ4n) is 1.75. The Morgan fingerprint density at radius 3 is 2.78 bits per heavy atom. The number of nitrogens with two attached hydrogens (primary N) is 1. The van der Waals surface area contributed by atoms with Crippen LogP contribution in [0.15, 0.2) is 18.2 Å². The van der Waals surface area contributed by atoms with Crippen molar-refractivity contribution in [3.05, 3.63) is 18.2 Å². The third-order valence-electron chi connectivity index (χ3n) is 2.75. The normalized spacial score (nSPS) is 15.0. The fourth-order valence-corrected chi connectivity index (χ4v) is 1.75. The zero-order valence-electron chi connectivity index (χ0n) is 10.1. The lowest BCUT2D eigenvalue weighted by atomic mass is 10.2. The molecule has 2 rings (SSSR count). The Morgan fingerprint density at radius 1 is 1.44 bits per heavy atom. The van der Waals surface area contributed by atoms with Gasteiger partial charge in [-0.1, -0.05) is 0 Å². The number of ether oxygens (including phenoxy) is 2. The maximum absolute atomic E-state index is 10.7. The van der Waals surface area contributed by atoms with Gasteiger partial charge in [0.15, 0.2) is 11.5 Å². The van der Waals surface area contributed by atoms with Gasteiger partial charge in [0.2, 0.25) is 0 Å². The molecular formula is C12H16N2O4. The van der Waals surface area contributed by atoms with E-state index in [0.29, 0.717) is 24.7 Å². The van der Waals surface area contributed by atoms with Crippen molar-refractivity contribution in [3.63, 3.8) is 0 Å². The van der Waals surface area contributed by atoms with Crippen LogP contribution in [0.3, 0.4) is 0 Å². The van der Waals surface area contributed by atoms with Crippen LogP contribution in [0.2, 0.25) is 0 Å². The van der Waals surface area contributed by atoms with Gasteiger partial charge in [-0.25, -0.2) is 0 Å². The number of aliphatic carboxylic acids is 1. The molecule has 1 aliphatic rings. The highest BCUT2D eigenvalue weighted by molar-refractivity contribution is 5.74. The van der Waals surface area contributed by atoms with Gasteiger partial charge < -0.3 is 25.2 Å². The summed E-state index contributed by atoms with van der Waals surface area (Å²) in [6, 6.07) is 4.57. The van der Waals surface area contributed by atoms with Crippen molar-refractivity contribution in [1.82, 2.24) is 0 Å². The van der Waals surface area contributed by atoms with E-state index in [4.69, 9.17) is 20.3 Å². The van der Waals surface area contributed by atoms with E-state index in [0.717, 1.165) is 5.69 Å². The Morgan fingerprint density at radius 2 is 2.11 bits per heavy atom. The lowest BCUT2D eigenvalue weighted by Gasteiger charge is -2.24. The number of likely N-dealkylation sites (N-methyl/N-ethyl adjacent to an activating group) is 1. The monoisotopic (exact) mass is 252 g/mol. The molecule has 0 bridgehead atoms. The van der Waals surface area contributed by atoms with Crippen LogP contribution in [-0.4, -0.2) is 43.9 Å². The van der Waals surface area contributed by atoms with Gasteiger partial charge in [0.25, 0.3) is 0 Å². The summed E-state index contributed by atoms with van der Waals surface area (Å²) in [4.78, 5) is 12.5. The topological polar surface area (TPSA) is 85.0 Å². The Labute approximate surface area is 105 Å². The molecule has 98 valence electrons. The number of rotatable bonds is 4. The van der Waals surface area contributed by atoms with Crippen LogP contribution >= 0.6 is 0 Å². The molecular weight excluding hydrogens is 236 g/mol. The first-order valence-corrected chi connectivity index (χ1v) is 5.67. The second kappa shape index (κ2) is 5.14. The van der Waals surface area contributed by atoms with E-state index < -0.39 is 12.0 Å². The summed E-state index contributed by atoms with van der Waals surface area (Å²) in [6.07, 6.45) is 0. The molecule has 1 atom stereocenters. The van der Waals surface area contributed by atoms with E-state index in [1.165, 1.54) is 0 Å². The van der Waals surface area contributed by atoms with E-state index in [9.17, 15) is 4.79 Å². The van der Waals surface area contributed by atoms with Gasteiger partial charge in [0.1, 0.15) is 19.3 Å². The molecule has 1 aromatic rings. The van der Waals surface area contributed by atoms with Crippen LogP contribution in [0.1, 0.15) is 0 Å². The molecule has 0 amide bonds. The number of carboxylic acid groups (broad SMARTS) is 1. The summed E-state index contributed by atoms with van der Waals surface area (Å²) in [5, 5.41) is 8.77. The van der Waals surface area contributed by atoms with Crippen molar-refractivity contribution >= 4 is 11.7 Å². The van der Waals surface area contributed by atoms with Crippen molar-refractivity contribution in [3.8, 4) is 11.5 Å². The first-order valence-electron chi connectivity index (χ1n) is 5.67. The molecule has 3 N–H and O–H groups in total. The largest absolute Gasteiger partial charge is 0.486 e. The van der Waals surface area contributed by atoms with E-state index in [1.807, 2.05) is 18.2 Å². The fraction of sp³-hybridized carbons (Fsp3) is 0.417. The zero-order valence-corrected chi connectivity index (χ0v) is 10.1. The molecule has 1 aromatic carbocycles. The van der Waals surface area contributed by atoms with E-state index in [1.54, 1.807) is 11.9 Å². The van der Waals surface area contributed by atoms with Gasteiger partial charge in [-0.3, -0.25) is 4.79 Å². The van der Waals surface area contributed by atoms with Gasteiger partial charge in [0, 0.05) is 25.3 Å². The van der Waals surface area contributed by atoms with Gasteiger partial charge in [-0.05, 0) is 12.1 Å². The van der Waals surface area contributed by atoms with Crippen LogP contribution in [0.4, 0.5) is 5.69 Å². The summed E-state index contributed by atoms with van der Waals surface area (Å²) < 4.78 is 10.9.